The van der Waals surface area contributed by atoms with Crippen LogP contribution in [0.25, 0.3) is 44.5 Å². The molecule has 12 nitrogen and oxygen atoms in total. The number of carbonyl (C=O) groups excluding carboxylic acids is 4. The van der Waals surface area contributed by atoms with Crippen molar-refractivity contribution >= 4 is 35.0 Å². The monoisotopic (exact) mass is 858 g/mol. The third-order valence-electron chi connectivity index (χ3n) is 13.6. The number of imidazole rings is 2. The highest BCUT2D eigenvalue weighted by atomic mass is 19.3. The zero-order chi connectivity index (χ0) is 44.7. The molecule has 0 N–H and O–H groups in total. The Labute approximate surface area is 364 Å². The summed E-state index contributed by atoms with van der Waals surface area (Å²) in [5.74, 6) is -3.00. The second-order valence-corrected chi connectivity index (χ2v) is 20.4. The second-order valence-electron chi connectivity index (χ2n) is 20.4. The van der Waals surface area contributed by atoms with Crippen molar-refractivity contribution in [1.82, 2.24) is 28.9 Å². The highest BCUT2D eigenvalue weighted by molar-refractivity contribution is 5.93. The zero-order valence-corrected chi connectivity index (χ0v) is 36.9. The number of hydrogen-bond acceptors (Lipinski definition) is 8. The normalized spacial score (nSPS) is 22.8. The standard InChI is InChI=1S/C49H52F2N6O6/c1-26(58)55-38-22-29(12-16-37(38)53-43(55)41-31-9-13-32(19-31)57(41)45(61)63-47(6,7)8)28-10-14-33-34-15-11-30(21-36(34)49(50,51)35(33)20-28)40-24-52-42(56(40)27(2)59)39-23-48(17-18-48)25-54(39)44(60)62-46(3,4)5/h10-12,14-16,20-22,24,31-32,39,41H,9,13,17-19,23,25H2,1-8H3/t31?,32-,39+,41?/m1/s1. The topological polar surface area (TPSA) is 129 Å². The van der Waals surface area contributed by atoms with Crippen molar-refractivity contribution in [3.05, 3.63) is 83.6 Å². The Hall–Kier alpha value is -5.92. The first-order chi connectivity index (χ1) is 29.6. The van der Waals surface area contributed by atoms with E-state index in [-0.39, 0.29) is 40.3 Å². The number of amides is 2. The Bertz CT molecular complexity index is 2790. The fourth-order valence-corrected chi connectivity index (χ4v) is 10.7. The molecule has 63 heavy (non-hydrogen) atoms. The number of hydrogen-bond donors (Lipinski definition) is 0. The molecule has 2 aliphatic heterocycles. The number of rotatable bonds is 4. The molecule has 3 aromatic carbocycles. The molecule has 3 aliphatic carbocycles. The van der Waals surface area contributed by atoms with Crippen molar-refractivity contribution in [3.8, 4) is 33.5 Å². The van der Waals surface area contributed by atoms with Gasteiger partial charge < -0.3 is 9.47 Å². The maximum atomic E-state index is 16.8. The number of benzene rings is 3. The van der Waals surface area contributed by atoms with E-state index in [9.17, 15) is 19.2 Å². The van der Waals surface area contributed by atoms with E-state index in [1.807, 2.05) is 47.6 Å². The Morgan fingerprint density at radius 3 is 1.98 bits per heavy atom. The molecule has 0 radical (unpaired) electrons. The van der Waals surface area contributed by atoms with Crippen molar-refractivity contribution < 1.29 is 37.4 Å². The van der Waals surface area contributed by atoms with Crippen LogP contribution in [0, 0.1) is 11.3 Å². The number of ether oxygens (including phenoxy) is 2. The molecule has 2 unspecified atom stereocenters. The summed E-state index contributed by atoms with van der Waals surface area (Å²) >= 11 is 0. The Balaban J connectivity index is 0.977. The molecule has 10 rings (SSSR count). The second kappa shape index (κ2) is 13.8. The van der Waals surface area contributed by atoms with Gasteiger partial charge in [0.15, 0.2) is 0 Å². The SMILES string of the molecule is CC(=O)n1c(-c2ccc3c(c2)C(F)(F)c2cc(-c4ccc5nc(C6C7CC[C@H](C7)N6C(=O)OC(C)(C)C)n(C(C)=O)c5c4)ccc2-3)cnc1[C@@H]1CC2(CC2)CN1C(=O)OC(C)(C)C. The molecule has 4 heterocycles. The van der Waals surface area contributed by atoms with E-state index >= 15 is 8.78 Å². The molecule has 1 spiro atoms. The number of likely N-dealkylation sites (tertiary alicyclic amines) is 2. The number of fused-ring (bicyclic) bond motifs is 6. The zero-order valence-electron chi connectivity index (χ0n) is 36.9. The fourth-order valence-electron chi connectivity index (χ4n) is 10.7. The predicted octanol–water partition coefficient (Wildman–Crippen LogP) is 10.9. The van der Waals surface area contributed by atoms with Crippen LogP contribution >= 0.6 is 0 Å². The van der Waals surface area contributed by atoms with Crippen LogP contribution in [0.5, 0.6) is 0 Å². The minimum atomic E-state index is -3.39. The van der Waals surface area contributed by atoms with Crippen LogP contribution in [0.3, 0.4) is 0 Å². The largest absolute Gasteiger partial charge is 0.444 e. The minimum absolute atomic E-state index is 0.00347. The van der Waals surface area contributed by atoms with Gasteiger partial charge in [0, 0.05) is 43.1 Å². The van der Waals surface area contributed by atoms with Gasteiger partial charge in [-0.05, 0) is 138 Å². The molecule has 2 bridgehead atoms. The van der Waals surface area contributed by atoms with Gasteiger partial charge in [-0.25, -0.2) is 19.6 Å². The summed E-state index contributed by atoms with van der Waals surface area (Å²) in [5, 5.41) is 0. The lowest BCUT2D eigenvalue weighted by atomic mass is 9.98. The maximum absolute atomic E-state index is 16.8. The maximum Gasteiger partial charge on any atom is 0.411 e. The number of halogens is 2. The van der Waals surface area contributed by atoms with Gasteiger partial charge in [-0.1, -0.05) is 30.3 Å². The molecular weight excluding hydrogens is 807 g/mol. The summed E-state index contributed by atoms with van der Waals surface area (Å²) in [5.41, 5.74) is 2.02. The summed E-state index contributed by atoms with van der Waals surface area (Å²) in [6.45, 7) is 14.3. The highest BCUT2D eigenvalue weighted by Gasteiger charge is 2.56. The van der Waals surface area contributed by atoms with Crippen molar-refractivity contribution in [1.29, 1.82) is 0 Å². The van der Waals surface area contributed by atoms with Gasteiger partial charge in [-0.3, -0.25) is 28.5 Å². The van der Waals surface area contributed by atoms with Crippen LogP contribution in [0.2, 0.25) is 0 Å². The van der Waals surface area contributed by atoms with Gasteiger partial charge in [0.05, 0.1) is 35.0 Å². The van der Waals surface area contributed by atoms with Crippen LogP contribution < -0.4 is 0 Å². The average Bonchev–Trinajstić information content (AvgIpc) is 3.80. The van der Waals surface area contributed by atoms with E-state index in [1.54, 1.807) is 50.8 Å². The summed E-state index contributed by atoms with van der Waals surface area (Å²) in [7, 11) is 0. The first-order valence-electron chi connectivity index (χ1n) is 21.9. The molecule has 14 heteroatoms. The lowest BCUT2D eigenvalue weighted by molar-refractivity contribution is 0.00564. The van der Waals surface area contributed by atoms with Crippen LogP contribution in [-0.2, 0) is 15.4 Å². The van der Waals surface area contributed by atoms with E-state index in [0.717, 1.165) is 32.1 Å². The van der Waals surface area contributed by atoms with Crippen molar-refractivity contribution in [2.75, 3.05) is 6.54 Å². The third-order valence-corrected chi connectivity index (χ3v) is 13.6. The van der Waals surface area contributed by atoms with E-state index in [4.69, 9.17) is 14.5 Å². The van der Waals surface area contributed by atoms with Crippen molar-refractivity contribution in [3.63, 3.8) is 0 Å². The first kappa shape index (κ1) is 41.1. The van der Waals surface area contributed by atoms with Gasteiger partial charge in [-0.15, -0.1) is 0 Å². The molecule has 2 amide bonds. The minimum Gasteiger partial charge on any atom is -0.444 e. The van der Waals surface area contributed by atoms with Crippen molar-refractivity contribution in [2.45, 2.75) is 129 Å². The fraction of sp³-hybridized carbons (Fsp3) is 0.469. The number of alkyl halides is 2. The van der Waals surface area contributed by atoms with Gasteiger partial charge in [0.1, 0.15) is 22.9 Å². The van der Waals surface area contributed by atoms with E-state index in [1.165, 1.54) is 36.7 Å². The average molecular weight is 859 g/mol. The number of carbonyl (C=O) groups is 4. The molecular formula is C49H52F2N6O6. The quantitative estimate of drug-likeness (QED) is 0.175. The van der Waals surface area contributed by atoms with Crippen LogP contribution in [0.4, 0.5) is 18.4 Å². The number of aromatic nitrogens is 4. The van der Waals surface area contributed by atoms with Gasteiger partial charge >= 0.3 is 12.2 Å². The first-order valence-corrected chi connectivity index (χ1v) is 21.9. The van der Waals surface area contributed by atoms with Gasteiger partial charge in [0.25, 0.3) is 5.92 Å². The van der Waals surface area contributed by atoms with Crippen LogP contribution in [-0.4, -0.2) is 76.7 Å². The number of nitrogens with zero attached hydrogens (tertiary/aromatic N) is 6. The lowest BCUT2D eigenvalue weighted by Gasteiger charge is -2.36. The molecule has 2 aromatic heterocycles. The smallest absolute Gasteiger partial charge is 0.411 e. The Morgan fingerprint density at radius 2 is 1.35 bits per heavy atom. The molecule has 4 atom stereocenters. The van der Waals surface area contributed by atoms with Gasteiger partial charge in [-0.2, -0.15) is 8.78 Å². The predicted molar refractivity (Wildman–Crippen MR) is 231 cm³/mol. The summed E-state index contributed by atoms with van der Waals surface area (Å²) in [4.78, 5) is 66.9. The third kappa shape index (κ3) is 6.73. The molecule has 2 saturated carbocycles. The summed E-state index contributed by atoms with van der Waals surface area (Å²) < 4.78 is 48.2. The van der Waals surface area contributed by atoms with Crippen molar-refractivity contribution in [2.24, 2.45) is 11.3 Å². The molecule has 328 valence electrons. The molecule has 4 fully saturated rings. The lowest BCUT2D eigenvalue weighted by Crippen LogP contribution is -2.44. The summed E-state index contributed by atoms with van der Waals surface area (Å²) in [6.07, 6.45) is 5.78. The van der Waals surface area contributed by atoms with E-state index < -0.39 is 41.4 Å². The molecule has 5 aromatic rings. The van der Waals surface area contributed by atoms with Gasteiger partial charge in [0.2, 0.25) is 11.8 Å². The van der Waals surface area contributed by atoms with E-state index in [2.05, 4.69) is 4.98 Å². The van der Waals surface area contributed by atoms with Crippen LogP contribution in [0.15, 0.2) is 60.8 Å². The summed E-state index contributed by atoms with van der Waals surface area (Å²) in [6, 6.07) is 14.3. The Morgan fingerprint density at radius 1 is 0.746 bits per heavy atom. The van der Waals surface area contributed by atoms with Crippen LogP contribution in [0.1, 0.15) is 138 Å². The molecule has 2 saturated heterocycles. The number of piperidine rings is 1. The van der Waals surface area contributed by atoms with E-state index in [0.29, 0.717) is 69.2 Å². The Kier molecular flexibility index (Phi) is 9.00. The molecule has 5 aliphatic rings. The highest BCUT2D eigenvalue weighted by Crippen LogP contribution is 2.59.